The molecule has 3 heteroatoms. The lowest BCUT2D eigenvalue weighted by Gasteiger charge is -2.06. The monoisotopic (exact) mass is 335 g/mol. The van der Waals surface area contributed by atoms with Crippen molar-refractivity contribution in [3.8, 4) is 11.3 Å². The molecule has 0 aliphatic heterocycles. The summed E-state index contributed by atoms with van der Waals surface area (Å²) in [7, 11) is 0. The molecule has 0 radical (unpaired) electrons. The van der Waals surface area contributed by atoms with Crippen LogP contribution in [0.3, 0.4) is 0 Å². The van der Waals surface area contributed by atoms with Crippen molar-refractivity contribution in [3.05, 3.63) is 89.4 Å². The predicted octanol–water partition coefficient (Wildman–Crippen LogP) is 5.46. The molecule has 0 fully saturated rings. The molecule has 0 aliphatic carbocycles. The summed E-state index contributed by atoms with van der Waals surface area (Å²) < 4.78 is 7.75. The highest BCUT2D eigenvalue weighted by atomic mass is 16.3. The molecule has 0 N–H and O–H groups in total. The van der Waals surface area contributed by atoms with Crippen LogP contribution >= 0.6 is 0 Å². The number of rotatable bonds is 1. The Morgan fingerprint density at radius 1 is 0.615 bits per heavy atom. The van der Waals surface area contributed by atoms with Gasteiger partial charge in [0.15, 0.2) is 5.76 Å². The first-order chi connectivity index (χ1) is 12.8. The highest BCUT2D eigenvalue weighted by molar-refractivity contribution is 6.21. The average molecular weight is 335 g/mol. The second-order valence-electron chi connectivity index (χ2n) is 6.58. The maximum absolute atomic E-state index is 13.4. The Kier molecular flexibility index (Phi) is 2.49. The second kappa shape index (κ2) is 4.73. The molecule has 0 saturated carbocycles. The maximum atomic E-state index is 13.4. The molecule has 3 heterocycles. The van der Waals surface area contributed by atoms with Crippen molar-refractivity contribution in [1.82, 2.24) is 4.40 Å². The first-order valence-corrected chi connectivity index (χ1v) is 8.59. The van der Waals surface area contributed by atoms with Crippen LogP contribution in [0.4, 0.5) is 0 Å². The summed E-state index contributed by atoms with van der Waals surface area (Å²) in [6.45, 7) is 0. The molecule has 0 aliphatic rings. The number of furan rings is 1. The lowest BCUT2D eigenvalue weighted by atomic mass is 10.1. The quantitative estimate of drug-likeness (QED) is 0.374. The maximum Gasteiger partial charge on any atom is 0.263 e. The highest BCUT2D eigenvalue weighted by Crippen LogP contribution is 2.39. The average Bonchev–Trinajstić information content (AvgIpc) is 3.26. The molecule has 6 aromatic rings. The topological polar surface area (TPSA) is 34.6 Å². The molecular formula is C23H13NO2. The van der Waals surface area contributed by atoms with Gasteiger partial charge in [-0.05, 0) is 11.5 Å². The number of aromatic nitrogens is 1. The number of nitrogens with zero attached hydrogens (tertiary/aromatic N) is 1. The van der Waals surface area contributed by atoms with Crippen molar-refractivity contribution in [2.24, 2.45) is 0 Å². The van der Waals surface area contributed by atoms with Gasteiger partial charge in [0.25, 0.3) is 5.56 Å². The van der Waals surface area contributed by atoms with Gasteiger partial charge in [-0.15, -0.1) is 0 Å². The van der Waals surface area contributed by atoms with Crippen LogP contribution in [-0.2, 0) is 0 Å². The van der Waals surface area contributed by atoms with Crippen LogP contribution in [0.2, 0.25) is 0 Å². The molecule has 122 valence electrons. The summed E-state index contributed by atoms with van der Waals surface area (Å²) in [5.74, 6) is 0.732. The molecule has 0 saturated heterocycles. The normalized spacial score (nSPS) is 12.0. The van der Waals surface area contributed by atoms with E-state index in [0.29, 0.717) is 0 Å². The van der Waals surface area contributed by atoms with Gasteiger partial charge in [0.1, 0.15) is 11.8 Å². The van der Waals surface area contributed by atoms with Crippen molar-refractivity contribution in [2.45, 2.75) is 0 Å². The highest BCUT2D eigenvalue weighted by Gasteiger charge is 2.21. The number of hydrogen-bond acceptors (Lipinski definition) is 2. The molecule has 6 rings (SSSR count). The van der Waals surface area contributed by atoms with Gasteiger partial charge in [-0.3, -0.25) is 9.20 Å². The van der Waals surface area contributed by atoms with E-state index in [-0.39, 0.29) is 5.56 Å². The van der Waals surface area contributed by atoms with E-state index in [1.807, 2.05) is 65.1 Å². The molecule has 26 heavy (non-hydrogen) atoms. The predicted molar refractivity (Wildman–Crippen MR) is 105 cm³/mol. The second-order valence-corrected chi connectivity index (χ2v) is 6.58. The third kappa shape index (κ3) is 1.55. The summed E-state index contributed by atoms with van der Waals surface area (Å²) in [5.41, 5.74) is 2.78. The van der Waals surface area contributed by atoms with Crippen molar-refractivity contribution < 1.29 is 4.42 Å². The molecule has 0 spiro atoms. The minimum Gasteiger partial charge on any atom is -0.461 e. The number of pyridine rings is 1. The van der Waals surface area contributed by atoms with Crippen molar-refractivity contribution in [2.75, 3.05) is 0 Å². The van der Waals surface area contributed by atoms with Gasteiger partial charge >= 0.3 is 0 Å². The molecule has 0 atom stereocenters. The summed E-state index contributed by atoms with van der Waals surface area (Å²) in [6, 6.07) is 23.9. The Morgan fingerprint density at radius 3 is 2.08 bits per heavy atom. The molecule has 3 aromatic carbocycles. The van der Waals surface area contributed by atoms with Gasteiger partial charge in [-0.25, -0.2) is 0 Å². The molecular weight excluding hydrogens is 322 g/mol. The lowest BCUT2D eigenvalue weighted by Crippen LogP contribution is -2.12. The first-order valence-electron chi connectivity index (χ1n) is 8.59. The van der Waals surface area contributed by atoms with Gasteiger partial charge < -0.3 is 4.42 Å². The minimum atomic E-state index is -0.00196. The SMILES string of the molecule is O=c1c2ccccc2c2cccc3c4coc(-c5ccccc5)c4n1c23. The summed E-state index contributed by atoms with van der Waals surface area (Å²) in [6.07, 6.45) is 1.77. The zero-order valence-electron chi connectivity index (χ0n) is 13.8. The van der Waals surface area contributed by atoms with Crippen molar-refractivity contribution in [1.29, 1.82) is 0 Å². The van der Waals surface area contributed by atoms with E-state index in [0.717, 1.165) is 49.3 Å². The molecule has 0 unspecified atom stereocenters. The number of para-hydroxylation sites is 1. The van der Waals surface area contributed by atoms with E-state index >= 15 is 0 Å². The summed E-state index contributed by atoms with van der Waals surface area (Å²) in [5, 5.41) is 4.83. The molecule has 3 aromatic heterocycles. The van der Waals surface area contributed by atoms with Gasteiger partial charge in [0, 0.05) is 27.1 Å². The number of fused-ring (bicyclic) bond motifs is 5. The Labute approximate surface area is 148 Å². The summed E-state index contributed by atoms with van der Waals surface area (Å²) >= 11 is 0. The van der Waals surface area contributed by atoms with E-state index in [4.69, 9.17) is 4.42 Å². The van der Waals surface area contributed by atoms with Crippen LogP contribution in [0, 0.1) is 0 Å². The van der Waals surface area contributed by atoms with E-state index in [9.17, 15) is 4.79 Å². The van der Waals surface area contributed by atoms with Crippen LogP contribution in [0.1, 0.15) is 0 Å². The summed E-state index contributed by atoms with van der Waals surface area (Å²) in [4.78, 5) is 13.4. The third-order valence-corrected chi connectivity index (χ3v) is 5.22. The largest absolute Gasteiger partial charge is 0.461 e. The van der Waals surface area contributed by atoms with Gasteiger partial charge in [-0.2, -0.15) is 0 Å². The van der Waals surface area contributed by atoms with Gasteiger partial charge in [-0.1, -0.05) is 66.7 Å². The third-order valence-electron chi connectivity index (χ3n) is 5.22. The van der Waals surface area contributed by atoms with Crippen LogP contribution in [-0.4, -0.2) is 4.40 Å². The Balaban J connectivity index is 1.96. The van der Waals surface area contributed by atoms with Crippen LogP contribution in [0.25, 0.3) is 49.3 Å². The Morgan fingerprint density at radius 2 is 1.27 bits per heavy atom. The van der Waals surface area contributed by atoms with E-state index < -0.39 is 0 Å². The van der Waals surface area contributed by atoms with Crippen molar-refractivity contribution in [3.63, 3.8) is 0 Å². The zero-order valence-corrected chi connectivity index (χ0v) is 13.8. The minimum absolute atomic E-state index is 0.00196. The molecule has 0 bridgehead atoms. The number of hydrogen-bond donors (Lipinski definition) is 0. The van der Waals surface area contributed by atoms with Crippen LogP contribution in [0.15, 0.2) is 88.3 Å². The van der Waals surface area contributed by atoms with E-state index in [2.05, 4.69) is 12.1 Å². The first kappa shape index (κ1) is 13.7. The van der Waals surface area contributed by atoms with Gasteiger partial charge in [0.05, 0.1) is 5.52 Å². The van der Waals surface area contributed by atoms with E-state index in [1.165, 1.54) is 0 Å². The molecule has 3 nitrogen and oxygen atoms in total. The fourth-order valence-corrected chi connectivity index (χ4v) is 4.12. The van der Waals surface area contributed by atoms with Crippen LogP contribution in [0.5, 0.6) is 0 Å². The fraction of sp³-hybridized carbons (Fsp3) is 0. The van der Waals surface area contributed by atoms with Crippen molar-refractivity contribution >= 4 is 38.0 Å². The Hall–Kier alpha value is -3.59. The molecule has 0 amide bonds. The number of benzene rings is 3. The van der Waals surface area contributed by atoms with Gasteiger partial charge in [0.2, 0.25) is 0 Å². The lowest BCUT2D eigenvalue weighted by molar-refractivity contribution is 0.586. The smallest absolute Gasteiger partial charge is 0.263 e. The van der Waals surface area contributed by atoms with Crippen LogP contribution < -0.4 is 5.56 Å². The van der Waals surface area contributed by atoms with E-state index in [1.54, 1.807) is 6.26 Å². The fourth-order valence-electron chi connectivity index (χ4n) is 4.12. The zero-order chi connectivity index (χ0) is 17.3. The standard InChI is InChI=1S/C23H13NO2/c25-23-18-10-5-4-9-15(18)16-11-6-12-17-19-13-26-22(14-7-2-1-3-8-14)21(19)24(23)20(16)17/h1-13H. The Bertz CT molecular complexity index is 1490.